The fraction of sp³-hybridized carbons (Fsp3) is 0.314. The zero-order valence-corrected chi connectivity index (χ0v) is 25.7. The van der Waals surface area contributed by atoms with E-state index in [1.165, 1.54) is 29.7 Å². The van der Waals surface area contributed by atoms with E-state index in [0.29, 0.717) is 0 Å². The molecule has 0 unspecified atom stereocenters. The average molecular weight is 560 g/mol. The van der Waals surface area contributed by atoms with Gasteiger partial charge in [0.2, 0.25) is 0 Å². The Bertz CT molecular complexity index is 1550. The van der Waals surface area contributed by atoms with Gasteiger partial charge in [-0.25, -0.2) is 0 Å². The maximum atomic E-state index is 4.55. The largest absolute Gasteiger partial charge is 0.372 e. The van der Waals surface area contributed by atoms with Crippen LogP contribution in [0.25, 0.3) is 0 Å². The van der Waals surface area contributed by atoms with Crippen molar-refractivity contribution in [1.82, 2.24) is 0 Å². The molecule has 0 amide bonds. The minimum absolute atomic E-state index is 0.747. The normalized spacial score (nSPS) is 11.8. The molecule has 0 fully saturated rings. The van der Waals surface area contributed by atoms with E-state index in [9.17, 15) is 0 Å². The van der Waals surface area contributed by atoms with Crippen LogP contribution in [0.5, 0.6) is 0 Å². The summed E-state index contributed by atoms with van der Waals surface area (Å²) >= 11 is 0. The Hall–Kier alpha value is -4.52. The molecule has 0 radical (unpaired) electrons. The topological polar surface area (TPSA) is 77.4 Å². The smallest absolute Gasteiger partial charge is 0.0890 e. The zero-order chi connectivity index (χ0) is 29.9. The molecule has 4 aromatic carbocycles. The first-order chi connectivity index (χ1) is 20.4. The second kappa shape index (κ2) is 14.9. The second-order valence-corrected chi connectivity index (χ2v) is 10.4. The Morgan fingerprint density at radius 2 is 1.02 bits per heavy atom. The summed E-state index contributed by atoms with van der Waals surface area (Å²) in [5.41, 5.74) is 10.8. The Morgan fingerprint density at radius 1 is 0.524 bits per heavy atom. The summed E-state index contributed by atoms with van der Waals surface area (Å²) in [7, 11) is 0. The monoisotopic (exact) mass is 559 g/mol. The molecule has 0 aliphatic rings. The van der Waals surface area contributed by atoms with E-state index in [1.54, 1.807) is 0 Å². The van der Waals surface area contributed by atoms with Crippen molar-refractivity contribution in [3.05, 3.63) is 101 Å². The number of nitrogens with zero attached hydrogens (tertiary/aromatic N) is 7. The molecule has 7 nitrogen and oxygen atoms in total. The number of unbranched alkanes of at least 4 members (excludes halogenated alkanes) is 1. The third-order valence-electron chi connectivity index (χ3n) is 7.45. The summed E-state index contributed by atoms with van der Waals surface area (Å²) < 4.78 is 0. The molecule has 0 aliphatic carbocycles. The van der Waals surface area contributed by atoms with E-state index in [-0.39, 0.29) is 0 Å². The van der Waals surface area contributed by atoms with Gasteiger partial charge in [-0.05, 0) is 136 Å². The van der Waals surface area contributed by atoms with Crippen LogP contribution < -0.4 is 4.90 Å². The van der Waals surface area contributed by atoms with Crippen molar-refractivity contribution < 1.29 is 0 Å². The van der Waals surface area contributed by atoms with Crippen LogP contribution in [0.3, 0.4) is 0 Å². The van der Waals surface area contributed by atoms with Gasteiger partial charge in [0.15, 0.2) is 0 Å². The number of azo groups is 3. The van der Waals surface area contributed by atoms with E-state index in [0.717, 1.165) is 64.8 Å². The lowest BCUT2D eigenvalue weighted by Gasteiger charge is -2.24. The standard InChI is InChI=1S/C35H41N7/c1-7-10-11-28-12-14-29(15-13-28)36-37-30-16-18-31(19-17-30)38-40-33-21-20-32(24-25(33)4)39-41-34-22-23-35(27(6)26(34)5)42(8-2)9-3/h12-24H,7-11H2,1-6H3. The summed E-state index contributed by atoms with van der Waals surface area (Å²) in [6.07, 6.45) is 3.50. The summed E-state index contributed by atoms with van der Waals surface area (Å²) in [5, 5.41) is 26.6. The Kier molecular flexibility index (Phi) is 10.8. The quantitative estimate of drug-likeness (QED) is 0.159. The fourth-order valence-electron chi connectivity index (χ4n) is 4.66. The van der Waals surface area contributed by atoms with E-state index in [1.807, 2.05) is 67.6 Å². The van der Waals surface area contributed by atoms with Crippen LogP contribution in [0.4, 0.5) is 39.8 Å². The Morgan fingerprint density at radius 3 is 1.60 bits per heavy atom. The summed E-state index contributed by atoms with van der Waals surface area (Å²) in [5.74, 6) is 0. The molecule has 42 heavy (non-hydrogen) atoms. The molecule has 0 aromatic heterocycles. The third-order valence-corrected chi connectivity index (χ3v) is 7.45. The van der Waals surface area contributed by atoms with Gasteiger partial charge in [-0.1, -0.05) is 25.5 Å². The van der Waals surface area contributed by atoms with Crippen LogP contribution in [0.1, 0.15) is 55.9 Å². The Labute approximate surface area is 250 Å². The van der Waals surface area contributed by atoms with Gasteiger partial charge in [-0.3, -0.25) is 0 Å². The molecular weight excluding hydrogens is 518 g/mol. The molecule has 4 aromatic rings. The summed E-state index contributed by atoms with van der Waals surface area (Å²) in [4.78, 5) is 2.36. The minimum atomic E-state index is 0.747. The molecule has 0 heterocycles. The van der Waals surface area contributed by atoms with Crippen LogP contribution in [-0.2, 0) is 6.42 Å². The van der Waals surface area contributed by atoms with Crippen LogP contribution in [0, 0.1) is 20.8 Å². The van der Waals surface area contributed by atoms with Gasteiger partial charge in [0.25, 0.3) is 0 Å². The van der Waals surface area contributed by atoms with E-state index >= 15 is 0 Å². The third kappa shape index (κ3) is 8.03. The predicted octanol–water partition coefficient (Wildman–Crippen LogP) is 12.0. The highest BCUT2D eigenvalue weighted by Gasteiger charge is 2.10. The molecule has 0 aliphatic heterocycles. The number of anilines is 1. The molecule has 7 heteroatoms. The minimum Gasteiger partial charge on any atom is -0.372 e. The lowest BCUT2D eigenvalue weighted by atomic mass is 10.1. The SMILES string of the molecule is CCCCc1ccc(N=Nc2ccc(N=Nc3ccc(N=Nc4ccc(N(CC)CC)c(C)c4C)cc3C)cc2)cc1. The highest BCUT2D eigenvalue weighted by Crippen LogP contribution is 2.32. The summed E-state index contributed by atoms with van der Waals surface area (Å²) in [6.45, 7) is 14.8. The fourth-order valence-corrected chi connectivity index (χ4v) is 4.66. The predicted molar refractivity (Wildman–Crippen MR) is 175 cm³/mol. The van der Waals surface area contributed by atoms with Crippen LogP contribution >= 0.6 is 0 Å². The molecule has 216 valence electrons. The number of hydrogen-bond acceptors (Lipinski definition) is 7. The highest BCUT2D eigenvalue weighted by atomic mass is 15.1. The van der Waals surface area contributed by atoms with Gasteiger partial charge in [-0.15, -0.1) is 0 Å². The molecular formula is C35H41N7. The first-order valence-electron chi connectivity index (χ1n) is 14.8. The Balaban J connectivity index is 1.38. The van der Waals surface area contributed by atoms with Gasteiger partial charge >= 0.3 is 0 Å². The van der Waals surface area contributed by atoms with Crippen molar-refractivity contribution in [2.75, 3.05) is 18.0 Å². The number of benzene rings is 4. The lowest BCUT2D eigenvalue weighted by Crippen LogP contribution is -2.22. The zero-order valence-electron chi connectivity index (χ0n) is 25.7. The van der Waals surface area contributed by atoms with Gasteiger partial charge in [-0.2, -0.15) is 30.7 Å². The van der Waals surface area contributed by atoms with Crippen LogP contribution in [0.15, 0.2) is 110 Å². The van der Waals surface area contributed by atoms with Crippen LogP contribution in [-0.4, -0.2) is 13.1 Å². The van der Waals surface area contributed by atoms with Crippen molar-refractivity contribution in [3.63, 3.8) is 0 Å². The molecule has 4 rings (SSSR count). The van der Waals surface area contributed by atoms with Gasteiger partial charge < -0.3 is 4.90 Å². The maximum absolute atomic E-state index is 4.55. The second-order valence-electron chi connectivity index (χ2n) is 10.4. The first kappa shape index (κ1) is 30.4. The maximum Gasteiger partial charge on any atom is 0.0890 e. The molecule has 0 saturated heterocycles. The lowest BCUT2D eigenvalue weighted by molar-refractivity contribution is 0.795. The van der Waals surface area contributed by atoms with Gasteiger partial charge in [0.05, 0.1) is 34.1 Å². The number of hydrogen-bond donors (Lipinski definition) is 0. The molecule has 0 bridgehead atoms. The van der Waals surface area contributed by atoms with Crippen molar-refractivity contribution in [2.24, 2.45) is 30.7 Å². The van der Waals surface area contributed by atoms with Crippen molar-refractivity contribution >= 4 is 39.8 Å². The average Bonchev–Trinajstić information content (AvgIpc) is 3.01. The van der Waals surface area contributed by atoms with Crippen molar-refractivity contribution in [3.8, 4) is 0 Å². The van der Waals surface area contributed by atoms with E-state index < -0.39 is 0 Å². The number of aryl methyl sites for hydroxylation is 2. The van der Waals surface area contributed by atoms with Gasteiger partial charge in [0, 0.05) is 18.8 Å². The van der Waals surface area contributed by atoms with E-state index in [4.69, 9.17) is 0 Å². The summed E-state index contributed by atoms with van der Waals surface area (Å²) in [6, 6.07) is 25.8. The van der Waals surface area contributed by atoms with Crippen molar-refractivity contribution in [1.29, 1.82) is 0 Å². The molecule has 0 N–H and O–H groups in total. The van der Waals surface area contributed by atoms with E-state index in [2.05, 4.69) is 88.4 Å². The first-order valence-corrected chi connectivity index (χ1v) is 14.8. The highest BCUT2D eigenvalue weighted by molar-refractivity contribution is 5.64. The molecule has 0 atom stereocenters. The molecule has 0 spiro atoms. The van der Waals surface area contributed by atoms with Gasteiger partial charge in [0.1, 0.15) is 0 Å². The number of rotatable bonds is 12. The van der Waals surface area contributed by atoms with Crippen molar-refractivity contribution in [2.45, 2.75) is 60.8 Å². The molecule has 0 saturated carbocycles. The van der Waals surface area contributed by atoms with Crippen LogP contribution in [0.2, 0.25) is 0 Å².